The number of hydrogen-bond donors (Lipinski definition) is 1. The first kappa shape index (κ1) is 15.0. The van der Waals surface area contributed by atoms with Gasteiger partial charge in [-0.1, -0.05) is 13.0 Å². The van der Waals surface area contributed by atoms with Gasteiger partial charge in [0.05, 0.1) is 0 Å². The molecule has 0 spiro atoms. The zero-order valence-corrected chi connectivity index (χ0v) is 11.8. The second kappa shape index (κ2) is 6.76. The van der Waals surface area contributed by atoms with Gasteiger partial charge in [-0.3, -0.25) is 4.79 Å². The van der Waals surface area contributed by atoms with Gasteiger partial charge in [0.2, 0.25) is 0 Å². The van der Waals surface area contributed by atoms with Crippen LogP contribution in [-0.4, -0.2) is 23.9 Å². The molecule has 4 heteroatoms. The maximum atomic E-state index is 12.3. The predicted octanol–water partition coefficient (Wildman–Crippen LogP) is 2.58. The van der Waals surface area contributed by atoms with Crippen molar-refractivity contribution in [1.82, 2.24) is 10.2 Å². The molecule has 0 atom stereocenters. The SMILES string of the molecule is CCCN(CC)C(=O)c1ccc2c(c1)CNC2.Cl. The van der Waals surface area contributed by atoms with E-state index < -0.39 is 0 Å². The lowest BCUT2D eigenvalue weighted by atomic mass is 10.1. The summed E-state index contributed by atoms with van der Waals surface area (Å²) in [7, 11) is 0. The van der Waals surface area contributed by atoms with Crippen LogP contribution in [0.4, 0.5) is 0 Å². The van der Waals surface area contributed by atoms with Gasteiger partial charge < -0.3 is 10.2 Å². The van der Waals surface area contributed by atoms with Crippen LogP contribution in [0, 0.1) is 0 Å². The maximum absolute atomic E-state index is 12.3. The Morgan fingerprint density at radius 3 is 2.67 bits per heavy atom. The fourth-order valence-electron chi connectivity index (χ4n) is 2.28. The quantitative estimate of drug-likeness (QED) is 0.910. The fraction of sp³-hybridized carbons (Fsp3) is 0.500. The molecule has 0 saturated heterocycles. The molecule has 18 heavy (non-hydrogen) atoms. The highest BCUT2D eigenvalue weighted by Crippen LogP contribution is 2.18. The van der Waals surface area contributed by atoms with Crippen molar-refractivity contribution >= 4 is 18.3 Å². The summed E-state index contributed by atoms with van der Waals surface area (Å²) in [4.78, 5) is 14.2. The fourth-order valence-corrected chi connectivity index (χ4v) is 2.28. The monoisotopic (exact) mass is 268 g/mol. The van der Waals surface area contributed by atoms with Gasteiger partial charge in [0.1, 0.15) is 0 Å². The van der Waals surface area contributed by atoms with Crippen molar-refractivity contribution < 1.29 is 4.79 Å². The Hall–Kier alpha value is -1.06. The summed E-state index contributed by atoms with van der Waals surface area (Å²) in [6.07, 6.45) is 1.01. The highest BCUT2D eigenvalue weighted by atomic mass is 35.5. The van der Waals surface area contributed by atoms with Gasteiger partial charge in [0, 0.05) is 31.7 Å². The molecule has 0 unspecified atom stereocenters. The number of halogens is 1. The predicted molar refractivity (Wildman–Crippen MR) is 76.1 cm³/mol. The normalized spacial score (nSPS) is 12.8. The van der Waals surface area contributed by atoms with Crippen LogP contribution in [0.15, 0.2) is 18.2 Å². The number of amides is 1. The minimum atomic E-state index is 0. The van der Waals surface area contributed by atoms with Crippen LogP contribution in [0.5, 0.6) is 0 Å². The molecule has 0 aliphatic carbocycles. The van der Waals surface area contributed by atoms with E-state index in [1.54, 1.807) is 0 Å². The molecule has 2 rings (SSSR count). The highest BCUT2D eigenvalue weighted by Gasteiger charge is 2.16. The summed E-state index contributed by atoms with van der Waals surface area (Å²) in [5.74, 6) is 0.157. The average molecular weight is 269 g/mol. The molecule has 0 bridgehead atoms. The second-order valence-electron chi connectivity index (χ2n) is 4.47. The van der Waals surface area contributed by atoms with Gasteiger partial charge in [0.25, 0.3) is 5.91 Å². The Kier molecular flexibility index (Phi) is 5.63. The zero-order chi connectivity index (χ0) is 12.3. The standard InChI is InChI=1S/C14H20N2O.ClH/c1-3-7-16(4-2)14(17)11-5-6-12-9-15-10-13(12)8-11;/h5-6,8,15H,3-4,7,9-10H2,1-2H3;1H. The van der Waals surface area contributed by atoms with Crippen LogP contribution in [0.2, 0.25) is 0 Å². The molecule has 100 valence electrons. The third-order valence-electron chi connectivity index (χ3n) is 3.25. The largest absolute Gasteiger partial charge is 0.339 e. The van der Waals surface area contributed by atoms with Gasteiger partial charge in [-0.05, 0) is 36.6 Å². The minimum Gasteiger partial charge on any atom is -0.339 e. The number of hydrogen-bond acceptors (Lipinski definition) is 2. The van der Waals surface area contributed by atoms with Gasteiger partial charge in [-0.2, -0.15) is 0 Å². The topological polar surface area (TPSA) is 32.3 Å². The molecule has 0 radical (unpaired) electrons. The van der Waals surface area contributed by atoms with Crippen LogP contribution >= 0.6 is 12.4 Å². The number of nitrogens with zero attached hydrogens (tertiary/aromatic N) is 1. The van der Waals surface area contributed by atoms with Crippen molar-refractivity contribution in [3.8, 4) is 0 Å². The number of carbonyl (C=O) groups is 1. The zero-order valence-electron chi connectivity index (χ0n) is 11.0. The smallest absolute Gasteiger partial charge is 0.253 e. The van der Waals surface area contributed by atoms with Crippen molar-refractivity contribution in [2.75, 3.05) is 13.1 Å². The van der Waals surface area contributed by atoms with E-state index >= 15 is 0 Å². The first-order valence-corrected chi connectivity index (χ1v) is 6.38. The molecular formula is C14H21ClN2O. The highest BCUT2D eigenvalue weighted by molar-refractivity contribution is 5.94. The Bertz CT molecular complexity index is 420. The summed E-state index contributed by atoms with van der Waals surface area (Å²) >= 11 is 0. The van der Waals surface area contributed by atoms with E-state index in [1.807, 2.05) is 24.0 Å². The van der Waals surface area contributed by atoms with Crippen LogP contribution in [-0.2, 0) is 13.1 Å². The lowest BCUT2D eigenvalue weighted by molar-refractivity contribution is 0.0764. The molecule has 3 nitrogen and oxygen atoms in total. The van der Waals surface area contributed by atoms with Crippen molar-refractivity contribution in [3.63, 3.8) is 0 Å². The summed E-state index contributed by atoms with van der Waals surface area (Å²) in [5, 5.41) is 3.30. The molecule has 1 amide bonds. The second-order valence-corrected chi connectivity index (χ2v) is 4.47. The number of fused-ring (bicyclic) bond motifs is 1. The lowest BCUT2D eigenvalue weighted by Crippen LogP contribution is -2.31. The van der Waals surface area contributed by atoms with Crippen LogP contribution in [0.1, 0.15) is 41.8 Å². The van der Waals surface area contributed by atoms with Crippen molar-refractivity contribution in [1.29, 1.82) is 0 Å². The van der Waals surface area contributed by atoms with Gasteiger partial charge in [-0.25, -0.2) is 0 Å². The Labute approximate surface area is 115 Å². The summed E-state index contributed by atoms with van der Waals surface area (Å²) < 4.78 is 0. The van der Waals surface area contributed by atoms with Gasteiger partial charge in [-0.15, -0.1) is 12.4 Å². The third-order valence-corrected chi connectivity index (χ3v) is 3.25. The van der Waals surface area contributed by atoms with Crippen molar-refractivity contribution in [2.24, 2.45) is 0 Å². The average Bonchev–Trinajstić information content (AvgIpc) is 2.82. The van der Waals surface area contributed by atoms with Crippen LogP contribution in [0.3, 0.4) is 0 Å². The van der Waals surface area contributed by atoms with Crippen molar-refractivity contribution in [3.05, 3.63) is 34.9 Å². The van der Waals surface area contributed by atoms with E-state index in [2.05, 4.69) is 18.3 Å². The summed E-state index contributed by atoms with van der Waals surface area (Å²) in [6.45, 7) is 7.56. The molecule has 0 fully saturated rings. The number of benzene rings is 1. The summed E-state index contributed by atoms with van der Waals surface area (Å²) in [6, 6.07) is 6.06. The lowest BCUT2D eigenvalue weighted by Gasteiger charge is -2.20. The molecule has 1 heterocycles. The van der Waals surface area contributed by atoms with E-state index in [4.69, 9.17) is 0 Å². The molecule has 1 aromatic rings. The minimum absolute atomic E-state index is 0. The Morgan fingerprint density at radius 2 is 2.00 bits per heavy atom. The molecular weight excluding hydrogens is 248 g/mol. The van der Waals surface area contributed by atoms with E-state index in [0.29, 0.717) is 0 Å². The number of nitrogens with one attached hydrogen (secondary N) is 1. The third kappa shape index (κ3) is 3.03. The van der Waals surface area contributed by atoms with Gasteiger partial charge in [0.15, 0.2) is 0 Å². The Balaban J connectivity index is 0.00000162. The van der Waals surface area contributed by atoms with E-state index in [-0.39, 0.29) is 18.3 Å². The van der Waals surface area contributed by atoms with Crippen molar-refractivity contribution in [2.45, 2.75) is 33.4 Å². The van der Waals surface area contributed by atoms with E-state index in [0.717, 1.165) is 38.2 Å². The first-order valence-electron chi connectivity index (χ1n) is 6.38. The molecule has 1 aliphatic heterocycles. The summed E-state index contributed by atoms with van der Waals surface area (Å²) in [5.41, 5.74) is 3.41. The molecule has 1 aromatic carbocycles. The number of rotatable bonds is 4. The van der Waals surface area contributed by atoms with E-state index in [1.165, 1.54) is 11.1 Å². The number of carbonyl (C=O) groups excluding carboxylic acids is 1. The van der Waals surface area contributed by atoms with Crippen LogP contribution < -0.4 is 5.32 Å². The maximum Gasteiger partial charge on any atom is 0.253 e. The molecule has 1 N–H and O–H groups in total. The first-order chi connectivity index (χ1) is 8.26. The molecule has 0 aromatic heterocycles. The van der Waals surface area contributed by atoms with Crippen LogP contribution in [0.25, 0.3) is 0 Å². The van der Waals surface area contributed by atoms with E-state index in [9.17, 15) is 4.79 Å². The Morgan fingerprint density at radius 1 is 1.28 bits per heavy atom. The van der Waals surface area contributed by atoms with Gasteiger partial charge >= 0.3 is 0 Å². The molecule has 0 saturated carbocycles. The molecule has 1 aliphatic rings.